The normalized spacial score (nSPS) is 26.9. The maximum Gasteiger partial charge on any atom is 0.330 e. The Kier molecular flexibility index (Phi) is 4.71. The summed E-state index contributed by atoms with van der Waals surface area (Å²) in [6.07, 6.45) is 2.68. The molecule has 0 aromatic heterocycles. The monoisotopic (exact) mass is 237 g/mol. The fourth-order valence-corrected chi connectivity index (χ4v) is 1.89. The Balaban J connectivity index is 2.79. The van der Waals surface area contributed by atoms with E-state index in [2.05, 4.69) is 6.07 Å². The lowest BCUT2D eigenvalue weighted by molar-refractivity contribution is -0.137. The van der Waals surface area contributed by atoms with Gasteiger partial charge in [-0.3, -0.25) is 0 Å². The number of ether oxygens (including phenoxy) is 2. The quantitative estimate of drug-likeness (QED) is 0.557. The van der Waals surface area contributed by atoms with Crippen LogP contribution in [0, 0.1) is 17.2 Å². The van der Waals surface area contributed by atoms with Crippen molar-refractivity contribution < 1.29 is 14.3 Å². The van der Waals surface area contributed by atoms with Crippen molar-refractivity contribution in [1.29, 1.82) is 5.26 Å². The minimum Gasteiger partial charge on any atom is -0.463 e. The standard InChI is InChI=1S/C13H19NO3/c1-4-16-12(15)7-11-5-6-17-13(8-11,9-14)10(2)3/h7,10H,4-6,8H2,1-3H3/b11-7+. The van der Waals surface area contributed by atoms with Crippen molar-refractivity contribution in [2.75, 3.05) is 13.2 Å². The summed E-state index contributed by atoms with van der Waals surface area (Å²) in [6.45, 7) is 6.53. The number of hydrogen-bond acceptors (Lipinski definition) is 4. The lowest BCUT2D eigenvalue weighted by Gasteiger charge is -2.35. The summed E-state index contributed by atoms with van der Waals surface area (Å²) < 4.78 is 10.5. The third-order valence-corrected chi connectivity index (χ3v) is 3.00. The summed E-state index contributed by atoms with van der Waals surface area (Å²) in [7, 11) is 0. The number of nitrogens with zero attached hydrogens (tertiary/aromatic N) is 1. The summed E-state index contributed by atoms with van der Waals surface area (Å²) in [5, 5.41) is 9.25. The van der Waals surface area contributed by atoms with Gasteiger partial charge in [-0.05, 0) is 19.3 Å². The zero-order valence-corrected chi connectivity index (χ0v) is 10.7. The van der Waals surface area contributed by atoms with Crippen LogP contribution in [0.2, 0.25) is 0 Å². The summed E-state index contributed by atoms with van der Waals surface area (Å²) in [6, 6.07) is 2.24. The number of carbonyl (C=O) groups is 1. The van der Waals surface area contributed by atoms with Crippen LogP contribution in [0.3, 0.4) is 0 Å². The molecule has 0 saturated carbocycles. The van der Waals surface area contributed by atoms with Gasteiger partial charge in [0.05, 0.1) is 19.3 Å². The molecule has 0 aromatic carbocycles. The highest BCUT2D eigenvalue weighted by Crippen LogP contribution is 2.34. The van der Waals surface area contributed by atoms with E-state index >= 15 is 0 Å². The molecule has 1 atom stereocenters. The van der Waals surface area contributed by atoms with Crippen LogP contribution in [0.25, 0.3) is 0 Å². The van der Waals surface area contributed by atoms with E-state index in [9.17, 15) is 10.1 Å². The summed E-state index contributed by atoms with van der Waals surface area (Å²) in [5.41, 5.74) is 0.140. The number of hydrogen-bond donors (Lipinski definition) is 0. The van der Waals surface area contributed by atoms with Crippen LogP contribution in [0.4, 0.5) is 0 Å². The maximum atomic E-state index is 11.4. The van der Waals surface area contributed by atoms with Crippen molar-refractivity contribution in [3.63, 3.8) is 0 Å². The van der Waals surface area contributed by atoms with Gasteiger partial charge in [-0.1, -0.05) is 19.4 Å². The van der Waals surface area contributed by atoms with Crippen LogP contribution < -0.4 is 0 Å². The molecule has 1 aliphatic heterocycles. The van der Waals surface area contributed by atoms with Gasteiger partial charge in [0.2, 0.25) is 0 Å². The highest BCUT2D eigenvalue weighted by molar-refractivity contribution is 5.82. The number of rotatable bonds is 3. The van der Waals surface area contributed by atoms with Crippen LogP contribution in [0.5, 0.6) is 0 Å². The SMILES string of the molecule is CCOC(=O)/C=C1\CCOC(C#N)(C(C)C)C1. The molecule has 0 spiro atoms. The predicted octanol–water partition coefficient (Wildman–Crippen LogP) is 2.20. The van der Waals surface area contributed by atoms with Crippen molar-refractivity contribution in [1.82, 2.24) is 0 Å². The van der Waals surface area contributed by atoms with Crippen molar-refractivity contribution in [3.8, 4) is 6.07 Å². The van der Waals surface area contributed by atoms with E-state index in [-0.39, 0.29) is 11.9 Å². The number of esters is 1. The molecule has 1 saturated heterocycles. The fraction of sp³-hybridized carbons (Fsp3) is 0.692. The van der Waals surface area contributed by atoms with E-state index in [0.717, 1.165) is 5.57 Å². The van der Waals surface area contributed by atoms with Gasteiger partial charge in [-0.15, -0.1) is 0 Å². The molecule has 0 N–H and O–H groups in total. The van der Waals surface area contributed by atoms with Crippen molar-refractivity contribution in [2.45, 2.75) is 39.2 Å². The average Bonchev–Trinajstić information content (AvgIpc) is 2.29. The van der Waals surface area contributed by atoms with Gasteiger partial charge in [0.1, 0.15) is 0 Å². The number of nitriles is 1. The molecule has 0 amide bonds. The smallest absolute Gasteiger partial charge is 0.330 e. The Hall–Kier alpha value is -1.34. The first kappa shape index (κ1) is 13.7. The topological polar surface area (TPSA) is 59.3 Å². The van der Waals surface area contributed by atoms with Crippen molar-refractivity contribution >= 4 is 5.97 Å². The van der Waals surface area contributed by atoms with E-state index < -0.39 is 5.60 Å². The van der Waals surface area contributed by atoms with Crippen LogP contribution in [-0.4, -0.2) is 24.8 Å². The molecule has 0 radical (unpaired) electrons. The molecule has 1 heterocycles. The van der Waals surface area contributed by atoms with Gasteiger partial charge in [-0.2, -0.15) is 5.26 Å². The Morgan fingerprint density at radius 2 is 2.41 bits per heavy atom. The Bertz CT molecular complexity index is 354. The molecule has 94 valence electrons. The highest BCUT2D eigenvalue weighted by atomic mass is 16.5. The first-order valence-electron chi connectivity index (χ1n) is 5.95. The molecule has 17 heavy (non-hydrogen) atoms. The summed E-state index contributed by atoms with van der Waals surface area (Å²) in [4.78, 5) is 11.4. The molecule has 1 aliphatic rings. The van der Waals surface area contributed by atoms with Gasteiger partial charge in [-0.25, -0.2) is 4.79 Å². The Morgan fingerprint density at radius 1 is 1.71 bits per heavy atom. The first-order chi connectivity index (χ1) is 8.04. The van der Waals surface area contributed by atoms with E-state index in [0.29, 0.717) is 26.1 Å². The second-order valence-electron chi connectivity index (χ2n) is 4.49. The molecule has 4 nitrogen and oxygen atoms in total. The zero-order chi connectivity index (χ0) is 12.9. The van der Waals surface area contributed by atoms with E-state index in [1.165, 1.54) is 6.08 Å². The van der Waals surface area contributed by atoms with Crippen LogP contribution in [-0.2, 0) is 14.3 Å². The second-order valence-corrected chi connectivity index (χ2v) is 4.49. The minimum atomic E-state index is -0.795. The summed E-state index contributed by atoms with van der Waals surface area (Å²) in [5.74, 6) is -0.238. The molecular weight excluding hydrogens is 218 g/mol. The van der Waals surface area contributed by atoms with Crippen molar-refractivity contribution in [2.24, 2.45) is 5.92 Å². The van der Waals surface area contributed by atoms with Gasteiger partial charge in [0.15, 0.2) is 5.60 Å². The molecule has 0 aliphatic carbocycles. The summed E-state index contributed by atoms with van der Waals surface area (Å²) >= 11 is 0. The second kappa shape index (κ2) is 5.83. The van der Waals surface area contributed by atoms with E-state index in [4.69, 9.17) is 9.47 Å². The van der Waals surface area contributed by atoms with E-state index in [1.807, 2.05) is 13.8 Å². The molecule has 4 heteroatoms. The molecule has 0 aromatic rings. The Morgan fingerprint density at radius 3 is 2.94 bits per heavy atom. The molecular formula is C13H19NO3. The maximum absolute atomic E-state index is 11.4. The van der Waals surface area contributed by atoms with E-state index in [1.54, 1.807) is 6.92 Å². The third-order valence-electron chi connectivity index (χ3n) is 3.00. The van der Waals surface area contributed by atoms with Gasteiger partial charge >= 0.3 is 5.97 Å². The molecule has 0 bridgehead atoms. The third kappa shape index (κ3) is 3.31. The van der Waals surface area contributed by atoms with Crippen molar-refractivity contribution in [3.05, 3.63) is 11.6 Å². The minimum absolute atomic E-state index is 0.0957. The lowest BCUT2D eigenvalue weighted by Crippen LogP contribution is -2.40. The van der Waals surface area contributed by atoms with Crippen LogP contribution >= 0.6 is 0 Å². The van der Waals surface area contributed by atoms with Crippen LogP contribution in [0.15, 0.2) is 11.6 Å². The predicted molar refractivity (Wildman–Crippen MR) is 63.1 cm³/mol. The van der Waals surface area contributed by atoms with Gasteiger partial charge < -0.3 is 9.47 Å². The van der Waals surface area contributed by atoms with Gasteiger partial charge in [0, 0.05) is 12.5 Å². The molecule has 1 unspecified atom stereocenters. The van der Waals surface area contributed by atoms with Crippen LogP contribution in [0.1, 0.15) is 33.6 Å². The Labute approximate surface area is 102 Å². The average molecular weight is 237 g/mol. The fourth-order valence-electron chi connectivity index (χ4n) is 1.89. The lowest BCUT2D eigenvalue weighted by atomic mass is 9.82. The largest absolute Gasteiger partial charge is 0.463 e. The number of carbonyl (C=O) groups excluding carboxylic acids is 1. The molecule has 1 fully saturated rings. The zero-order valence-electron chi connectivity index (χ0n) is 10.7. The van der Waals surface area contributed by atoms with Gasteiger partial charge in [0.25, 0.3) is 0 Å². The first-order valence-corrected chi connectivity index (χ1v) is 5.95. The highest BCUT2D eigenvalue weighted by Gasteiger charge is 2.38. The molecule has 1 rings (SSSR count).